The number of rotatable bonds is 1. The van der Waals surface area contributed by atoms with Gasteiger partial charge in [0.25, 0.3) is 0 Å². The monoisotopic (exact) mass is 297 g/mol. The van der Waals surface area contributed by atoms with Crippen molar-refractivity contribution in [3.05, 3.63) is 67.0 Å². The number of furan rings is 1. The second-order valence-electron chi connectivity index (χ2n) is 5.38. The van der Waals surface area contributed by atoms with E-state index in [1.165, 1.54) is 0 Å². The predicted molar refractivity (Wildman–Crippen MR) is 90.0 cm³/mol. The van der Waals surface area contributed by atoms with E-state index in [2.05, 4.69) is 15.0 Å². The molecule has 5 aromatic rings. The fourth-order valence-electron chi connectivity index (χ4n) is 2.94. The number of hydrogen-bond donors (Lipinski definition) is 0. The minimum Gasteiger partial charge on any atom is -0.438 e. The van der Waals surface area contributed by atoms with Gasteiger partial charge < -0.3 is 4.42 Å². The van der Waals surface area contributed by atoms with Crippen LogP contribution >= 0.6 is 0 Å². The van der Waals surface area contributed by atoms with Gasteiger partial charge >= 0.3 is 0 Å². The van der Waals surface area contributed by atoms with Gasteiger partial charge in [-0.15, -0.1) is 0 Å². The molecule has 4 aromatic heterocycles. The highest BCUT2D eigenvalue weighted by molar-refractivity contribution is 6.04. The molecule has 5 rings (SSSR count). The van der Waals surface area contributed by atoms with Crippen LogP contribution in [0.3, 0.4) is 0 Å². The van der Waals surface area contributed by atoms with Gasteiger partial charge in [0, 0.05) is 28.6 Å². The highest BCUT2D eigenvalue weighted by Crippen LogP contribution is 2.30. The van der Waals surface area contributed by atoms with Gasteiger partial charge in [0.1, 0.15) is 5.58 Å². The lowest BCUT2D eigenvalue weighted by Crippen LogP contribution is -1.90. The molecule has 0 fully saturated rings. The molecule has 4 heterocycles. The lowest BCUT2D eigenvalue weighted by molar-refractivity contribution is 0.654. The largest absolute Gasteiger partial charge is 0.438 e. The molecular weight excluding hydrogens is 286 g/mol. The predicted octanol–water partition coefficient (Wildman–Crippen LogP) is 4.59. The van der Waals surface area contributed by atoms with Crippen molar-refractivity contribution in [1.29, 1.82) is 0 Å². The van der Waals surface area contributed by atoms with Gasteiger partial charge in [-0.05, 0) is 36.4 Å². The van der Waals surface area contributed by atoms with Crippen LogP contribution in [0.2, 0.25) is 0 Å². The van der Waals surface area contributed by atoms with Crippen LogP contribution in [0.1, 0.15) is 0 Å². The average Bonchev–Trinajstić information content (AvgIpc) is 2.99. The maximum Gasteiger partial charge on any atom is 0.227 e. The molecule has 0 bridgehead atoms. The molecule has 0 spiro atoms. The van der Waals surface area contributed by atoms with Crippen molar-refractivity contribution in [3.63, 3.8) is 0 Å². The molecule has 4 nitrogen and oxygen atoms in total. The lowest BCUT2D eigenvalue weighted by Gasteiger charge is -2.04. The third-order valence-corrected chi connectivity index (χ3v) is 4.02. The number of pyridine rings is 3. The smallest absolute Gasteiger partial charge is 0.227 e. The summed E-state index contributed by atoms with van der Waals surface area (Å²) in [4.78, 5) is 13.5. The Morgan fingerprint density at radius 2 is 1.61 bits per heavy atom. The first-order chi connectivity index (χ1) is 11.4. The van der Waals surface area contributed by atoms with Crippen molar-refractivity contribution in [3.8, 4) is 11.4 Å². The SMILES string of the molecule is c1ccc2c(c1)oc1nc(-c3nccc4ncccc34)ccc12. The molecule has 0 atom stereocenters. The van der Waals surface area contributed by atoms with Crippen LogP contribution in [-0.4, -0.2) is 15.0 Å². The first kappa shape index (κ1) is 12.3. The summed E-state index contributed by atoms with van der Waals surface area (Å²) in [5.41, 5.74) is 3.99. The molecule has 0 N–H and O–H groups in total. The molecule has 4 heteroatoms. The molecule has 0 aliphatic carbocycles. The van der Waals surface area contributed by atoms with E-state index in [4.69, 9.17) is 4.42 Å². The molecule has 23 heavy (non-hydrogen) atoms. The minimum atomic E-state index is 0.631. The topological polar surface area (TPSA) is 51.8 Å². The van der Waals surface area contributed by atoms with Crippen molar-refractivity contribution >= 4 is 33.0 Å². The molecular formula is C19H11N3O. The van der Waals surface area contributed by atoms with E-state index in [1.807, 2.05) is 54.6 Å². The summed E-state index contributed by atoms with van der Waals surface area (Å²) >= 11 is 0. The number of para-hydroxylation sites is 1. The lowest BCUT2D eigenvalue weighted by atomic mass is 10.1. The summed E-state index contributed by atoms with van der Waals surface area (Å²) in [6.07, 6.45) is 3.54. The molecule has 1 aromatic carbocycles. The van der Waals surface area contributed by atoms with Crippen molar-refractivity contribution in [2.75, 3.05) is 0 Å². The summed E-state index contributed by atoms with van der Waals surface area (Å²) < 4.78 is 5.87. The first-order valence-electron chi connectivity index (χ1n) is 7.38. The molecule has 0 saturated heterocycles. The third kappa shape index (κ3) is 1.82. The van der Waals surface area contributed by atoms with Crippen molar-refractivity contribution < 1.29 is 4.42 Å². The zero-order valence-electron chi connectivity index (χ0n) is 12.1. The fraction of sp³-hybridized carbons (Fsp3) is 0. The Labute approximate surface area is 131 Å². The Kier molecular flexibility index (Phi) is 2.46. The van der Waals surface area contributed by atoms with Crippen molar-refractivity contribution in [1.82, 2.24) is 15.0 Å². The van der Waals surface area contributed by atoms with E-state index in [9.17, 15) is 0 Å². The summed E-state index contributed by atoms with van der Waals surface area (Å²) in [6.45, 7) is 0. The fourth-order valence-corrected chi connectivity index (χ4v) is 2.94. The molecule has 0 unspecified atom stereocenters. The van der Waals surface area contributed by atoms with Crippen LogP contribution in [0.15, 0.2) is 71.4 Å². The van der Waals surface area contributed by atoms with Crippen molar-refractivity contribution in [2.24, 2.45) is 0 Å². The molecule has 0 aliphatic heterocycles. The van der Waals surface area contributed by atoms with Crippen LogP contribution in [0.5, 0.6) is 0 Å². The van der Waals surface area contributed by atoms with Crippen LogP contribution in [-0.2, 0) is 0 Å². The average molecular weight is 297 g/mol. The highest BCUT2D eigenvalue weighted by atomic mass is 16.3. The third-order valence-electron chi connectivity index (χ3n) is 4.02. The Morgan fingerprint density at radius 1 is 0.696 bits per heavy atom. The summed E-state index contributed by atoms with van der Waals surface area (Å²) in [6, 6.07) is 17.8. The minimum absolute atomic E-state index is 0.631. The zero-order chi connectivity index (χ0) is 15.2. The molecule has 108 valence electrons. The van der Waals surface area contributed by atoms with Crippen LogP contribution in [0.4, 0.5) is 0 Å². The molecule has 0 aliphatic rings. The maximum atomic E-state index is 5.87. The van der Waals surface area contributed by atoms with Crippen LogP contribution in [0, 0.1) is 0 Å². The second kappa shape index (κ2) is 4.61. The second-order valence-corrected chi connectivity index (χ2v) is 5.38. The Bertz CT molecular complexity index is 1170. The number of nitrogens with zero attached hydrogens (tertiary/aromatic N) is 3. The Balaban J connectivity index is 1.81. The quantitative estimate of drug-likeness (QED) is 0.454. The van der Waals surface area contributed by atoms with Gasteiger partial charge in [-0.25, -0.2) is 4.98 Å². The van der Waals surface area contributed by atoms with Crippen LogP contribution < -0.4 is 0 Å². The Hall–Kier alpha value is -3.27. The number of hydrogen-bond acceptors (Lipinski definition) is 4. The van der Waals surface area contributed by atoms with Gasteiger partial charge in [0.2, 0.25) is 5.71 Å². The maximum absolute atomic E-state index is 5.87. The molecule has 0 amide bonds. The summed E-state index contributed by atoms with van der Waals surface area (Å²) in [7, 11) is 0. The van der Waals surface area contributed by atoms with Gasteiger partial charge in [-0.1, -0.05) is 18.2 Å². The summed E-state index contributed by atoms with van der Waals surface area (Å²) in [5.74, 6) is 0. The number of fused-ring (bicyclic) bond motifs is 4. The van der Waals surface area contributed by atoms with E-state index in [0.717, 1.165) is 38.6 Å². The summed E-state index contributed by atoms with van der Waals surface area (Å²) in [5, 5.41) is 3.08. The van der Waals surface area contributed by atoms with Gasteiger partial charge in [0.15, 0.2) is 0 Å². The van der Waals surface area contributed by atoms with E-state index in [1.54, 1.807) is 12.4 Å². The highest BCUT2D eigenvalue weighted by Gasteiger charge is 2.12. The molecule has 0 radical (unpaired) electrons. The van der Waals surface area contributed by atoms with E-state index in [-0.39, 0.29) is 0 Å². The van der Waals surface area contributed by atoms with E-state index in [0.29, 0.717) is 5.71 Å². The number of aromatic nitrogens is 3. The Morgan fingerprint density at radius 3 is 2.61 bits per heavy atom. The normalized spacial score (nSPS) is 11.5. The zero-order valence-corrected chi connectivity index (χ0v) is 12.1. The van der Waals surface area contributed by atoms with E-state index < -0.39 is 0 Å². The number of benzene rings is 1. The van der Waals surface area contributed by atoms with Crippen molar-refractivity contribution in [2.45, 2.75) is 0 Å². The van der Waals surface area contributed by atoms with E-state index >= 15 is 0 Å². The van der Waals surface area contributed by atoms with Crippen LogP contribution in [0.25, 0.3) is 44.4 Å². The molecule has 0 saturated carbocycles. The van der Waals surface area contributed by atoms with Gasteiger partial charge in [-0.3, -0.25) is 9.97 Å². The first-order valence-corrected chi connectivity index (χ1v) is 7.38. The van der Waals surface area contributed by atoms with Gasteiger partial charge in [-0.2, -0.15) is 0 Å². The van der Waals surface area contributed by atoms with Gasteiger partial charge in [0.05, 0.1) is 16.9 Å². The standard InChI is InChI=1S/C19H11N3O/c1-2-6-17-12(4-1)13-7-8-16(22-19(13)23-17)18-14-5-3-10-20-15(14)9-11-21-18/h1-11H.